The summed E-state index contributed by atoms with van der Waals surface area (Å²) in [6, 6.07) is 7.33. The zero-order valence-corrected chi connectivity index (χ0v) is 13.3. The molecule has 0 bridgehead atoms. The van der Waals surface area contributed by atoms with E-state index in [0.717, 1.165) is 11.3 Å². The number of aliphatic hydroxyl groups is 1. The van der Waals surface area contributed by atoms with E-state index in [1.54, 1.807) is 18.9 Å². The number of aryl methyl sites for hydroxylation is 1. The van der Waals surface area contributed by atoms with Crippen LogP contribution in [0.3, 0.4) is 0 Å². The lowest BCUT2D eigenvalue weighted by Gasteiger charge is -2.29. The summed E-state index contributed by atoms with van der Waals surface area (Å²) in [4.78, 5) is 18.7. The van der Waals surface area contributed by atoms with Gasteiger partial charge < -0.3 is 19.2 Å². The van der Waals surface area contributed by atoms with Crippen LogP contribution in [0.5, 0.6) is 5.75 Å². The number of rotatable bonds is 3. The second kappa shape index (κ2) is 6.42. The van der Waals surface area contributed by atoms with Crippen molar-refractivity contribution in [2.24, 2.45) is 0 Å². The third kappa shape index (κ3) is 3.22. The zero-order chi connectivity index (χ0) is 16.4. The van der Waals surface area contributed by atoms with Gasteiger partial charge in [0, 0.05) is 18.7 Å². The molecular formula is C17H20N2O4. The summed E-state index contributed by atoms with van der Waals surface area (Å²) in [5.74, 6) is 1.54. The molecule has 1 aromatic heterocycles. The first-order valence-corrected chi connectivity index (χ1v) is 7.67. The number of hydrogen-bond donors (Lipinski definition) is 1. The van der Waals surface area contributed by atoms with E-state index in [1.807, 2.05) is 24.3 Å². The van der Waals surface area contributed by atoms with Gasteiger partial charge in [0.2, 0.25) is 5.89 Å². The van der Waals surface area contributed by atoms with Crippen molar-refractivity contribution in [1.29, 1.82) is 0 Å². The molecule has 3 rings (SSSR count). The van der Waals surface area contributed by atoms with E-state index in [0.29, 0.717) is 43.3 Å². The third-order valence-electron chi connectivity index (χ3n) is 4.09. The Balaban J connectivity index is 1.81. The maximum atomic E-state index is 12.6. The third-order valence-corrected chi connectivity index (χ3v) is 4.09. The minimum atomic E-state index is -0.313. The molecule has 2 aromatic rings. The fourth-order valence-corrected chi connectivity index (χ4v) is 2.67. The summed E-state index contributed by atoms with van der Waals surface area (Å²) in [5, 5.41) is 9.55. The first-order valence-electron chi connectivity index (χ1n) is 7.67. The molecule has 6 nitrogen and oxygen atoms in total. The lowest BCUT2D eigenvalue weighted by Crippen LogP contribution is -2.40. The summed E-state index contributed by atoms with van der Waals surface area (Å²) in [6.07, 6.45) is 0.898. The minimum absolute atomic E-state index is 0.141. The van der Waals surface area contributed by atoms with Gasteiger partial charge in [0.25, 0.3) is 5.91 Å². The minimum Gasteiger partial charge on any atom is -0.497 e. The van der Waals surface area contributed by atoms with Gasteiger partial charge in [-0.25, -0.2) is 4.98 Å². The predicted octanol–water partition coefficient (Wildman–Crippen LogP) is 2.26. The van der Waals surface area contributed by atoms with Crippen LogP contribution >= 0.6 is 0 Å². The van der Waals surface area contributed by atoms with Gasteiger partial charge in [-0.1, -0.05) is 0 Å². The molecule has 1 amide bonds. The van der Waals surface area contributed by atoms with Crippen molar-refractivity contribution in [3.8, 4) is 17.2 Å². The largest absolute Gasteiger partial charge is 0.497 e. The van der Waals surface area contributed by atoms with Crippen LogP contribution in [0.1, 0.15) is 29.1 Å². The number of likely N-dealkylation sites (tertiary alicyclic amines) is 1. The molecule has 0 atom stereocenters. The Kier molecular flexibility index (Phi) is 4.34. The average Bonchev–Trinajstić information content (AvgIpc) is 2.97. The lowest BCUT2D eigenvalue weighted by atomic mass is 10.1. The molecule has 0 spiro atoms. The Labute approximate surface area is 134 Å². The first kappa shape index (κ1) is 15.6. The van der Waals surface area contributed by atoms with Gasteiger partial charge in [-0.3, -0.25) is 4.79 Å². The second-order valence-electron chi connectivity index (χ2n) is 5.68. The lowest BCUT2D eigenvalue weighted by molar-refractivity contribution is 0.0540. The van der Waals surface area contributed by atoms with Gasteiger partial charge in [-0.15, -0.1) is 0 Å². The highest BCUT2D eigenvalue weighted by Crippen LogP contribution is 2.25. The molecule has 122 valence electrons. The summed E-state index contributed by atoms with van der Waals surface area (Å²) in [6.45, 7) is 2.83. The number of amides is 1. The molecular weight excluding hydrogens is 296 g/mol. The number of aliphatic hydroxyl groups excluding tert-OH is 1. The van der Waals surface area contributed by atoms with E-state index < -0.39 is 0 Å². The number of carbonyl (C=O) groups excluding carboxylic acids is 1. The number of nitrogens with zero attached hydrogens (tertiary/aromatic N) is 2. The van der Waals surface area contributed by atoms with Crippen LogP contribution < -0.4 is 4.74 Å². The van der Waals surface area contributed by atoms with E-state index in [-0.39, 0.29) is 12.0 Å². The molecule has 0 unspecified atom stereocenters. The standard InChI is InChI=1S/C17H20N2O4/c1-11-15(17(21)19-9-7-13(20)8-10-19)18-16(23-11)12-3-5-14(22-2)6-4-12/h3-6,13,20H,7-10H2,1-2H3. The van der Waals surface area contributed by atoms with Crippen LogP contribution in [0.25, 0.3) is 11.5 Å². The molecule has 1 saturated heterocycles. The molecule has 1 N–H and O–H groups in total. The normalized spacial score (nSPS) is 15.7. The number of methoxy groups -OCH3 is 1. The summed E-state index contributed by atoms with van der Waals surface area (Å²) < 4.78 is 10.8. The molecule has 1 aliphatic rings. The first-order chi connectivity index (χ1) is 11.1. The Morgan fingerprint density at radius 3 is 2.57 bits per heavy atom. The van der Waals surface area contributed by atoms with E-state index in [9.17, 15) is 9.90 Å². The maximum absolute atomic E-state index is 12.6. The quantitative estimate of drug-likeness (QED) is 0.940. The van der Waals surface area contributed by atoms with Crippen molar-refractivity contribution >= 4 is 5.91 Å². The monoisotopic (exact) mass is 316 g/mol. The molecule has 0 radical (unpaired) electrons. The smallest absolute Gasteiger partial charge is 0.276 e. The number of aromatic nitrogens is 1. The molecule has 1 aromatic carbocycles. The number of benzene rings is 1. The van der Waals surface area contributed by atoms with Crippen molar-refractivity contribution in [3.05, 3.63) is 35.7 Å². The van der Waals surface area contributed by atoms with Crippen molar-refractivity contribution < 1.29 is 19.1 Å². The number of ether oxygens (including phenoxy) is 1. The van der Waals surface area contributed by atoms with E-state index >= 15 is 0 Å². The SMILES string of the molecule is COc1ccc(-c2nc(C(=O)N3CCC(O)CC3)c(C)o2)cc1. The number of hydrogen-bond acceptors (Lipinski definition) is 5. The van der Waals surface area contributed by atoms with Gasteiger partial charge in [0.15, 0.2) is 5.69 Å². The Bertz CT molecular complexity index is 685. The van der Waals surface area contributed by atoms with E-state index in [1.165, 1.54) is 0 Å². The van der Waals surface area contributed by atoms with Crippen LogP contribution in [0, 0.1) is 6.92 Å². The van der Waals surface area contributed by atoms with Gasteiger partial charge in [-0.2, -0.15) is 0 Å². The molecule has 0 aliphatic carbocycles. The van der Waals surface area contributed by atoms with Crippen molar-refractivity contribution in [2.45, 2.75) is 25.9 Å². The van der Waals surface area contributed by atoms with Gasteiger partial charge in [0.05, 0.1) is 13.2 Å². The van der Waals surface area contributed by atoms with E-state index in [2.05, 4.69) is 4.98 Å². The topological polar surface area (TPSA) is 75.8 Å². The highest BCUT2D eigenvalue weighted by molar-refractivity contribution is 5.93. The van der Waals surface area contributed by atoms with E-state index in [4.69, 9.17) is 9.15 Å². The van der Waals surface area contributed by atoms with Crippen LogP contribution in [0.15, 0.2) is 28.7 Å². The van der Waals surface area contributed by atoms with Gasteiger partial charge in [0.1, 0.15) is 11.5 Å². The fraction of sp³-hybridized carbons (Fsp3) is 0.412. The van der Waals surface area contributed by atoms with Crippen LogP contribution in [-0.4, -0.2) is 47.2 Å². The fourth-order valence-electron chi connectivity index (χ4n) is 2.67. The van der Waals surface area contributed by atoms with Crippen LogP contribution in [-0.2, 0) is 0 Å². The van der Waals surface area contributed by atoms with Crippen molar-refractivity contribution in [2.75, 3.05) is 20.2 Å². The Morgan fingerprint density at radius 1 is 1.30 bits per heavy atom. The highest BCUT2D eigenvalue weighted by atomic mass is 16.5. The predicted molar refractivity (Wildman–Crippen MR) is 84.4 cm³/mol. The molecule has 2 heterocycles. The van der Waals surface area contributed by atoms with Crippen LogP contribution in [0.4, 0.5) is 0 Å². The molecule has 23 heavy (non-hydrogen) atoms. The number of piperidine rings is 1. The molecule has 0 saturated carbocycles. The maximum Gasteiger partial charge on any atom is 0.276 e. The van der Waals surface area contributed by atoms with Gasteiger partial charge in [-0.05, 0) is 44.0 Å². The van der Waals surface area contributed by atoms with Crippen LogP contribution in [0.2, 0.25) is 0 Å². The van der Waals surface area contributed by atoms with Crippen molar-refractivity contribution in [3.63, 3.8) is 0 Å². The summed E-state index contributed by atoms with van der Waals surface area (Å²) in [7, 11) is 1.61. The average molecular weight is 316 g/mol. The Morgan fingerprint density at radius 2 is 1.96 bits per heavy atom. The summed E-state index contributed by atoms with van der Waals surface area (Å²) >= 11 is 0. The summed E-state index contributed by atoms with van der Waals surface area (Å²) in [5.41, 5.74) is 1.13. The second-order valence-corrected chi connectivity index (χ2v) is 5.68. The van der Waals surface area contributed by atoms with Gasteiger partial charge >= 0.3 is 0 Å². The number of carbonyl (C=O) groups is 1. The molecule has 6 heteroatoms. The highest BCUT2D eigenvalue weighted by Gasteiger charge is 2.26. The Hall–Kier alpha value is -2.34. The van der Waals surface area contributed by atoms with Crippen molar-refractivity contribution in [1.82, 2.24) is 9.88 Å². The molecule has 1 fully saturated rings. The number of oxazole rings is 1. The zero-order valence-electron chi connectivity index (χ0n) is 13.3. The molecule has 1 aliphatic heterocycles.